The van der Waals surface area contributed by atoms with E-state index in [2.05, 4.69) is 56.5 Å². The highest BCUT2D eigenvalue weighted by atomic mass is 19.4. The Labute approximate surface area is 236 Å². The van der Waals surface area contributed by atoms with Gasteiger partial charge in [-0.3, -0.25) is 0 Å². The van der Waals surface area contributed by atoms with Crippen LogP contribution in [-0.4, -0.2) is 59.8 Å². The van der Waals surface area contributed by atoms with Gasteiger partial charge in [-0.2, -0.15) is 18.2 Å². The fourth-order valence-corrected chi connectivity index (χ4v) is 5.38. The van der Waals surface area contributed by atoms with Gasteiger partial charge in [0.15, 0.2) is 5.65 Å². The second-order valence-electron chi connectivity index (χ2n) is 10.8. The molecule has 3 heterocycles. The molecule has 0 aliphatic carbocycles. The fraction of sp³-hybridized carbons (Fsp3) is 0.367. The number of nitrogens with zero attached hydrogens (tertiary/aromatic N) is 5. The van der Waals surface area contributed by atoms with E-state index in [0.717, 1.165) is 49.0 Å². The maximum atomic E-state index is 14.9. The zero-order chi connectivity index (χ0) is 29.4. The first kappa shape index (κ1) is 28.5. The molecule has 1 saturated heterocycles. The Kier molecular flexibility index (Phi) is 7.74. The van der Waals surface area contributed by atoms with Gasteiger partial charge in [-0.15, -0.1) is 0 Å². The normalized spacial score (nSPS) is 16.0. The van der Waals surface area contributed by atoms with Crippen molar-refractivity contribution in [1.29, 1.82) is 0 Å². The molecule has 2 aromatic carbocycles. The molecule has 0 unspecified atom stereocenters. The molecule has 0 radical (unpaired) electrons. The van der Waals surface area contributed by atoms with Gasteiger partial charge >= 0.3 is 6.18 Å². The lowest BCUT2D eigenvalue weighted by atomic mass is 10.0. The summed E-state index contributed by atoms with van der Waals surface area (Å²) in [6.45, 7) is 7.60. The van der Waals surface area contributed by atoms with Gasteiger partial charge < -0.3 is 19.4 Å². The van der Waals surface area contributed by atoms with E-state index < -0.39 is 23.6 Å². The summed E-state index contributed by atoms with van der Waals surface area (Å²) >= 11 is 0. The lowest BCUT2D eigenvalue weighted by Crippen LogP contribution is -2.56. The molecule has 4 aromatic rings. The number of halogens is 4. The third kappa shape index (κ3) is 6.04. The molecule has 7 nitrogen and oxygen atoms in total. The molecule has 41 heavy (non-hydrogen) atoms. The van der Waals surface area contributed by atoms with Crippen LogP contribution in [-0.2, 0) is 12.7 Å². The van der Waals surface area contributed by atoms with Gasteiger partial charge in [0.2, 0.25) is 5.88 Å². The minimum absolute atomic E-state index is 0.113. The Morgan fingerprint density at radius 3 is 2.39 bits per heavy atom. The maximum absolute atomic E-state index is 14.9. The summed E-state index contributed by atoms with van der Waals surface area (Å²) in [7, 11) is 3.82. The lowest BCUT2D eigenvalue weighted by molar-refractivity contribution is -0.923. The molecule has 1 aliphatic heterocycles. The van der Waals surface area contributed by atoms with Crippen LogP contribution in [0.1, 0.15) is 35.5 Å². The molecule has 0 spiro atoms. The number of rotatable bonds is 7. The van der Waals surface area contributed by atoms with E-state index in [-0.39, 0.29) is 5.56 Å². The molecular weight excluding hydrogens is 536 g/mol. The number of piperazine rings is 1. The van der Waals surface area contributed by atoms with Crippen molar-refractivity contribution in [2.45, 2.75) is 32.6 Å². The van der Waals surface area contributed by atoms with E-state index in [0.29, 0.717) is 28.6 Å². The van der Waals surface area contributed by atoms with E-state index in [1.165, 1.54) is 17.7 Å². The van der Waals surface area contributed by atoms with E-state index in [9.17, 15) is 17.6 Å². The zero-order valence-electron chi connectivity index (χ0n) is 23.5. The summed E-state index contributed by atoms with van der Waals surface area (Å²) in [5.41, 5.74) is 1.03. The van der Waals surface area contributed by atoms with Crippen molar-refractivity contribution in [2.75, 3.05) is 50.6 Å². The molecule has 11 heteroatoms. The monoisotopic (exact) mass is 569 g/mol. The number of aryl methyl sites for hydroxylation is 1. The van der Waals surface area contributed by atoms with Gasteiger partial charge in [0.1, 0.15) is 29.7 Å². The summed E-state index contributed by atoms with van der Waals surface area (Å²) in [6, 6.07) is 14.8. The highest BCUT2D eigenvalue weighted by Crippen LogP contribution is 2.37. The van der Waals surface area contributed by atoms with Crippen molar-refractivity contribution in [3.05, 3.63) is 82.9 Å². The molecule has 1 aliphatic rings. The van der Waals surface area contributed by atoms with Crippen LogP contribution in [0.3, 0.4) is 0 Å². The third-order valence-corrected chi connectivity index (χ3v) is 7.66. The quantitative estimate of drug-likeness (QED) is 0.213. The molecule has 1 fully saturated rings. The molecule has 5 rings (SSSR count). The molecule has 0 saturated carbocycles. The summed E-state index contributed by atoms with van der Waals surface area (Å²) in [4.78, 5) is 15.8. The number of likely N-dealkylation sites (N-methyl/N-ethyl adjacent to an activating group) is 1. The number of hydrogen-bond donors (Lipinski definition) is 1. The topological polar surface area (TPSA) is 63.2 Å². The Morgan fingerprint density at radius 2 is 1.73 bits per heavy atom. The molecular formula is C30H33F4N6O+. The summed E-state index contributed by atoms with van der Waals surface area (Å²) in [5.74, 6) is -0.112. The van der Waals surface area contributed by atoms with Crippen LogP contribution in [0.15, 0.2) is 54.6 Å². The van der Waals surface area contributed by atoms with E-state index in [1.807, 2.05) is 12.1 Å². The van der Waals surface area contributed by atoms with Crippen molar-refractivity contribution in [3.8, 4) is 5.88 Å². The summed E-state index contributed by atoms with van der Waals surface area (Å²) < 4.78 is 61.4. The maximum Gasteiger partial charge on any atom is 0.419 e. The Hall–Kier alpha value is -3.99. The van der Waals surface area contributed by atoms with Crippen molar-refractivity contribution < 1.29 is 26.8 Å². The van der Waals surface area contributed by atoms with Crippen molar-refractivity contribution >= 4 is 22.5 Å². The number of benzene rings is 2. The summed E-state index contributed by atoms with van der Waals surface area (Å²) in [6.07, 6.45) is -4.79. The van der Waals surface area contributed by atoms with E-state index in [4.69, 9.17) is 4.74 Å². The number of fused-ring (bicyclic) bond motifs is 1. The first-order valence-corrected chi connectivity index (χ1v) is 13.5. The van der Waals surface area contributed by atoms with Crippen LogP contribution >= 0.6 is 0 Å². The van der Waals surface area contributed by atoms with Gasteiger partial charge in [-0.1, -0.05) is 42.5 Å². The number of aromatic nitrogens is 3. The molecule has 2 aromatic heterocycles. The van der Waals surface area contributed by atoms with Gasteiger partial charge in [-0.25, -0.2) is 14.4 Å². The van der Waals surface area contributed by atoms with Crippen LogP contribution in [0.4, 0.5) is 29.1 Å². The highest BCUT2D eigenvalue weighted by molar-refractivity contribution is 5.90. The Bertz CT molecular complexity index is 1540. The van der Waals surface area contributed by atoms with Crippen LogP contribution in [0.5, 0.6) is 5.88 Å². The smallest absolute Gasteiger partial charge is 0.419 e. The average molecular weight is 570 g/mol. The minimum Gasteiger partial charge on any atom is -0.479 e. The zero-order valence-corrected chi connectivity index (χ0v) is 23.5. The fourth-order valence-electron chi connectivity index (χ4n) is 5.38. The predicted molar refractivity (Wildman–Crippen MR) is 150 cm³/mol. The first-order chi connectivity index (χ1) is 19.5. The van der Waals surface area contributed by atoms with Gasteiger partial charge in [0.25, 0.3) is 0 Å². The van der Waals surface area contributed by atoms with Crippen molar-refractivity contribution in [1.82, 2.24) is 15.0 Å². The number of anilines is 2. The number of quaternary nitrogens is 1. The van der Waals surface area contributed by atoms with Crippen molar-refractivity contribution in [2.24, 2.45) is 0 Å². The Balaban J connectivity index is 1.44. The number of alkyl halides is 3. The van der Waals surface area contributed by atoms with Gasteiger partial charge in [0, 0.05) is 11.1 Å². The standard InChI is InChI=1S/C30H33F4N6O/c1-19(22-11-8-12-24(26(22)31)30(32,33)34)35-27-23-17-25(29(41-4)38-28(23)37-20(2)36-27)39-13-15-40(3,16-14-39)18-21-9-6-5-7-10-21/h5-12,17,19H,13-16,18H2,1-4H3,(H,35,36,37,38)/q+1/t19-/m1/s1. The minimum atomic E-state index is -4.79. The third-order valence-electron chi connectivity index (χ3n) is 7.66. The number of pyridine rings is 1. The Morgan fingerprint density at radius 1 is 1.02 bits per heavy atom. The average Bonchev–Trinajstić information content (AvgIpc) is 2.92. The van der Waals surface area contributed by atoms with Crippen molar-refractivity contribution in [3.63, 3.8) is 0 Å². The van der Waals surface area contributed by atoms with Crippen LogP contribution < -0.4 is 15.0 Å². The number of ether oxygens (including phenoxy) is 1. The SMILES string of the molecule is COc1nc2nc(C)nc(N[C@H](C)c3cccc(C(F)(F)F)c3F)c2cc1N1CC[N+](C)(Cc2ccccc2)CC1. The largest absolute Gasteiger partial charge is 0.479 e. The molecule has 1 N–H and O–H groups in total. The van der Waals surface area contributed by atoms with Crippen LogP contribution in [0, 0.1) is 12.7 Å². The number of methoxy groups -OCH3 is 1. The summed E-state index contributed by atoms with van der Waals surface area (Å²) in [5, 5.41) is 3.68. The van der Waals surface area contributed by atoms with E-state index >= 15 is 0 Å². The van der Waals surface area contributed by atoms with Crippen LogP contribution in [0.25, 0.3) is 11.0 Å². The number of nitrogens with one attached hydrogen (secondary N) is 1. The van der Waals surface area contributed by atoms with Gasteiger partial charge in [-0.05, 0) is 26.0 Å². The molecule has 1 atom stereocenters. The number of hydrogen-bond acceptors (Lipinski definition) is 6. The molecule has 0 bridgehead atoms. The second kappa shape index (κ2) is 11.1. The molecule has 216 valence electrons. The second-order valence-corrected chi connectivity index (χ2v) is 10.8. The first-order valence-electron chi connectivity index (χ1n) is 13.5. The van der Waals surface area contributed by atoms with Crippen LogP contribution in [0.2, 0.25) is 0 Å². The highest BCUT2D eigenvalue weighted by Gasteiger charge is 2.35. The molecule has 0 amide bonds. The predicted octanol–water partition coefficient (Wildman–Crippen LogP) is 6.14. The van der Waals surface area contributed by atoms with E-state index in [1.54, 1.807) is 21.0 Å². The lowest BCUT2D eigenvalue weighted by Gasteiger charge is -2.43. The van der Waals surface area contributed by atoms with Gasteiger partial charge in [0.05, 0.1) is 57.3 Å².